The summed E-state index contributed by atoms with van der Waals surface area (Å²) < 4.78 is 7.64. The number of anilines is 1. The molecule has 1 unspecified atom stereocenters. The molecule has 1 aliphatic heterocycles. The molecule has 1 aromatic heterocycles. The fourth-order valence-electron chi connectivity index (χ4n) is 2.25. The van der Waals surface area contributed by atoms with E-state index in [4.69, 9.17) is 4.74 Å². The van der Waals surface area contributed by atoms with Crippen LogP contribution in [0.1, 0.15) is 11.7 Å². The Morgan fingerprint density at radius 2 is 2.26 bits per heavy atom. The van der Waals surface area contributed by atoms with E-state index in [9.17, 15) is 5.26 Å². The first-order chi connectivity index (χ1) is 9.29. The Morgan fingerprint density at radius 1 is 1.42 bits per heavy atom. The van der Waals surface area contributed by atoms with Crippen molar-refractivity contribution in [2.75, 3.05) is 18.1 Å². The number of hydrogen-bond acceptors (Lipinski definition) is 4. The summed E-state index contributed by atoms with van der Waals surface area (Å²) in [5, 5.41) is 9.50. The van der Waals surface area contributed by atoms with Gasteiger partial charge in [-0.3, -0.25) is 0 Å². The third-order valence-electron chi connectivity index (χ3n) is 3.10. The van der Waals surface area contributed by atoms with Crippen LogP contribution in [0.5, 0.6) is 5.75 Å². The van der Waals surface area contributed by atoms with Crippen molar-refractivity contribution in [3.05, 3.63) is 42.5 Å². The molecule has 1 atom stereocenters. The van der Waals surface area contributed by atoms with Gasteiger partial charge in [0.05, 0.1) is 0 Å². The average Bonchev–Trinajstić information content (AvgIpc) is 2.86. The van der Waals surface area contributed by atoms with Gasteiger partial charge in [-0.05, 0) is 0 Å². The molecule has 0 spiro atoms. The van der Waals surface area contributed by atoms with Crippen molar-refractivity contribution < 1.29 is 4.74 Å². The fourth-order valence-corrected chi connectivity index (χ4v) is 3.10. The second kappa shape index (κ2) is 5.21. The topological polar surface area (TPSA) is 54.1 Å². The number of nitriles is 1. The standard InChI is InChI=1S/C13H11N4O.Tl/c14-7-12(10-8-15-9-16-10)17-5-6-18-13-4-2-1-3-11(13)17;/h1-4,8-9,12H,5-6H2;/q-1;+1. The molecular weight excluding hydrogens is 433 g/mol. The Kier molecular flexibility index (Phi) is 3.42. The van der Waals surface area contributed by atoms with Crippen LogP contribution in [-0.4, -0.2) is 46.6 Å². The molecule has 0 saturated carbocycles. The summed E-state index contributed by atoms with van der Waals surface area (Å²) in [5.41, 5.74) is 1.77. The van der Waals surface area contributed by atoms with E-state index < -0.39 is 0 Å². The molecule has 2 heterocycles. The number of ether oxygens (including phenoxy) is 1. The van der Waals surface area contributed by atoms with E-state index in [-0.39, 0.29) is 6.04 Å². The summed E-state index contributed by atoms with van der Waals surface area (Å²) in [4.78, 5) is 6.40. The predicted molar refractivity (Wildman–Crippen MR) is 71.0 cm³/mol. The molecule has 2 aromatic rings. The Morgan fingerprint density at radius 3 is 3.00 bits per heavy atom. The summed E-state index contributed by atoms with van der Waals surface area (Å²) in [6.45, 7) is 1.30. The third-order valence-corrected chi connectivity index (χ3v) is 4.20. The summed E-state index contributed by atoms with van der Waals surface area (Å²) in [6.07, 6.45) is 3.74. The van der Waals surface area contributed by atoms with Crippen molar-refractivity contribution in [3.63, 3.8) is 0 Å². The van der Waals surface area contributed by atoms with Gasteiger partial charge in [0.1, 0.15) is 0 Å². The molecule has 3 rings (SSSR count). The molecule has 19 heavy (non-hydrogen) atoms. The van der Waals surface area contributed by atoms with Crippen LogP contribution in [0.4, 0.5) is 5.69 Å². The molecule has 0 N–H and O–H groups in total. The summed E-state index contributed by atoms with van der Waals surface area (Å²) in [7, 11) is 0. The van der Waals surface area contributed by atoms with Gasteiger partial charge >= 0.3 is 128 Å². The van der Waals surface area contributed by atoms with E-state index in [1.807, 2.05) is 32.8 Å². The molecule has 92 valence electrons. The van der Waals surface area contributed by atoms with E-state index in [1.54, 1.807) is 6.33 Å². The molecule has 0 saturated heterocycles. The van der Waals surface area contributed by atoms with E-state index in [2.05, 4.69) is 16.0 Å². The van der Waals surface area contributed by atoms with Crippen LogP contribution in [0.15, 0.2) is 36.8 Å². The molecule has 0 aliphatic carbocycles. The molecule has 0 bridgehead atoms. The van der Waals surface area contributed by atoms with E-state index in [1.165, 1.54) is 0 Å². The number of para-hydroxylation sites is 2. The Bertz CT molecular complexity index is 634. The quantitative estimate of drug-likeness (QED) is 0.656. The normalized spacial score (nSPS) is 15.2. The number of imidazole rings is 1. The van der Waals surface area contributed by atoms with Crippen molar-refractivity contribution in [2.24, 2.45) is 0 Å². The van der Waals surface area contributed by atoms with Gasteiger partial charge in [-0.2, -0.15) is 0 Å². The SMILES string of the molecule is N#CC(c1c[n]([Tl])cn1)N1CCOc2ccccc21. The second-order valence-corrected chi connectivity index (χ2v) is 6.61. The van der Waals surface area contributed by atoms with Crippen molar-refractivity contribution >= 4 is 31.8 Å². The molecule has 1 aliphatic rings. The number of rotatable bonds is 2. The number of hydrogen-bond donors (Lipinski definition) is 0. The van der Waals surface area contributed by atoms with E-state index >= 15 is 0 Å². The summed E-state index contributed by atoms with van der Waals surface area (Å²) in [5.74, 6) is 0.834. The van der Waals surface area contributed by atoms with Gasteiger partial charge < -0.3 is 0 Å². The van der Waals surface area contributed by atoms with Gasteiger partial charge in [-0.15, -0.1) is 0 Å². The van der Waals surface area contributed by atoms with Crippen molar-refractivity contribution in [1.82, 2.24) is 7.36 Å². The first-order valence-corrected chi connectivity index (χ1v) is 7.97. The van der Waals surface area contributed by atoms with Crippen LogP contribution in [0.3, 0.4) is 0 Å². The maximum atomic E-state index is 9.50. The van der Waals surface area contributed by atoms with Crippen LogP contribution in [-0.2, 0) is 0 Å². The van der Waals surface area contributed by atoms with Crippen LogP contribution >= 0.6 is 0 Å². The van der Waals surface area contributed by atoms with E-state index in [0.29, 0.717) is 39.2 Å². The summed E-state index contributed by atoms with van der Waals surface area (Å²) >= 11 is 0.669. The summed E-state index contributed by atoms with van der Waals surface area (Å²) in [6, 6.07) is 9.82. The zero-order valence-electron chi connectivity index (χ0n) is 10.2. The van der Waals surface area contributed by atoms with Crippen molar-refractivity contribution in [1.29, 1.82) is 5.26 Å². The molecule has 5 nitrogen and oxygen atoms in total. The van der Waals surface area contributed by atoms with Gasteiger partial charge in [0.25, 0.3) is 0 Å². The molecule has 0 fully saturated rings. The Hall–Kier alpha value is -1.56. The fraction of sp³-hybridized carbons (Fsp3) is 0.231. The van der Waals surface area contributed by atoms with Gasteiger partial charge in [-0.25, -0.2) is 0 Å². The van der Waals surface area contributed by atoms with Crippen molar-refractivity contribution in [3.8, 4) is 11.8 Å². The maximum absolute atomic E-state index is 9.50. The predicted octanol–water partition coefficient (Wildman–Crippen LogP) is 1.28. The number of fused-ring (bicyclic) bond motifs is 1. The van der Waals surface area contributed by atoms with Crippen LogP contribution in [0.2, 0.25) is 0 Å². The minimum atomic E-state index is -0.356. The van der Waals surface area contributed by atoms with E-state index in [0.717, 1.165) is 17.1 Å². The van der Waals surface area contributed by atoms with Gasteiger partial charge in [0.2, 0.25) is 0 Å². The van der Waals surface area contributed by atoms with Crippen molar-refractivity contribution in [2.45, 2.75) is 6.04 Å². The first kappa shape index (κ1) is 12.5. The zero-order valence-corrected chi connectivity index (χ0v) is 14.7. The molecule has 0 amide bonds. The van der Waals surface area contributed by atoms with Crippen LogP contribution in [0.25, 0.3) is 0 Å². The Balaban J connectivity index is 2.00. The van der Waals surface area contributed by atoms with Crippen LogP contribution in [0, 0.1) is 11.3 Å². The first-order valence-electron chi connectivity index (χ1n) is 5.96. The number of aromatic nitrogens is 2. The average molecular weight is 444 g/mol. The van der Waals surface area contributed by atoms with Gasteiger partial charge in [0, 0.05) is 0 Å². The van der Waals surface area contributed by atoms with Gasteiger partial charge in [0.15, 0.2) is 0 Å². The molecule has 0 radical (unpaired) electrons. The monoisotopic (exact) mass is 444 g/mol. The molecule has 1 aromatic carbocycles. The minimum absolute atomic E-state index is 0.356. The number of nitrogens with zero attached hydrogens (tertiary/aromatic N) is 4. The number of benzene rings is 1. The zero-order chi connectivity index (χ0) is 13.2. The van der Waals surface area contributed by atoms with Gasteiger partial charge in [-0.1, -0.05) is 0 Å². The molecule has 6 heteroatoms. The second-order valence-electron chi connectivity index (χ2n) is 4.29. The van der Waals surface area contributed by atoms with Crippen LogP contribution < -0.4 is 9.64 Å². The Labute approximate surface area is 127 Å². The third kappa shape index (κ3) is 2.32. The molecular formula is C13H11N4OTl.